The second kappa shape index (κ2) is 8.39. The third-order valence-corrected chi connectivity index (χ3v) is 5.93. The molecule has 1 amide bonds. The summed E-state index contributed by atoms with van der Waals surface area (Å²) in [6.45, 7) is 6.17. The van der Waals surface area contributed by atoms with Crippen LogP contribution in [0.2, 0.25) is 0 Å². The molecule has 1 aromatic heterocycles. The van der Waals surface area contributed by atoms with Crippen molar-refractivity contribution < 1.29 is 4.79 Å². The van der Waals surface area contributed by atoms with Crippen molar-refractivity contribution >= 4 is 50.6 Å². The van der Waals surface area contributed by atoms with Gasteiger partial charge in [0.1, 0.15) is 0 Å². The summed E-state index contributed by atoms with van der Waals surface area (Å²) in [5.74, 6) is -0.223. The molecule has 0 saturated carbocycles. The number of benzene rings is 2. The molecule has 3 aromatic rings. The zero-order valence-corrected chi connectivity index (χ0v) is 19.0. The highest BCUT2D eigenvalue weighted by molar-refractivity contribution is 14.1. The Bertz CT molecular complexity index is 1020. The first kappa shape index (κ1) is 19.8. The molecule has 0 bridgehead atoms. The fraction of sp³-hybridized carbons (Fsp3) is 0.143. The Morgan fingerprint density at radius 1 is 1.11 bits per heavy atom. The second-order valence-corrected chi connectivity index (χ2v) is 8.40. The first-order chi connectivity index (χ1) is 12.9. The number of nitrogens with zero attached hydrogens (tertiary/aromatic N) is 2. The number of carbonyl (C=O) groups excluding carboxylic acids is 1. The van der Waals surface area contributed by atoms with E-state index in [-0.39, 0.29) is 5.91 Å². The Balaban J connectivity index is 1.79. The minimum Gasteiger partial charge on any atom is -0.318 e. The Morgan fingerprint density at radius 3 is 2.48 bits per heavy atom. The van der Waals surface area contributed by atoms with Gasteiger partial charge < -0.3 is 4.57 Å². The normalized spacial score (nSPS) is 11.1. The Labute approximate surface area is 180 Å². The lowest BCUT2D eigenvalue weighted by Crippen LogP contribution is -2.17. The zero-order valence-electron chi connectivity index (χ0n) is 15.3. The quantitative estimate of drug-likeness (QED) is 0.266. The second-order valence-electron chi connectivity index (χ2n) is 6.30. The molecule has 0 radical (unpaired) electrons. The molecular weight excluding hydrogens is 517 g/mol. The van der Waals surface area contributed by atoms with E-state index in [9.17, 15) is 4.79 Å². The van der Waals surface area contributed by atoms with Gasteiger partial charge in [-0.25, -0.2) is 5.43 Å². The maximum absolute atomic E-state index is 12.2. The fourth-order valence-electron chi connectivity index (χ4n) is 2.86. The monoisotopic (exact) mass is 535 g/mol. The van der Waals surface area contributed by atoms with Crippen LogP contribution in [-0.4, -0.2) is 16.7 Å². The summed E-state index contributed by atoms with van der Waals surface area (Å²) in [7, 11) is 0. The van der Waals surface area contributed by atoms with Gasteiger partial charge in [0.05, 0.1) is 6.21 Å². The lowest BCUT2D eigenvalue weighted by molar-refractivity contribution is 0.0955. The molecule has 0 atom stereocenters. The van der Waals surface area contributed by atoms with Crippen LogP contribution in [0.15, 0.2) is 58.1 Å². The van der Waals surface area contributed by atoms with Crippen LogP contribution in [0, 0.1) is 24.3 Å². The van der Waals surface area contributed by atoms with E-state index in [4.69, 9.17) is 0 Å². The average Bonchev–Trinajstić information content (AvgIpc) is 2.92. The van der Waals surface area contributed by atoms with Crippen LogP contribution in [-0.2, 0) is 0 Å². The van der Waals surface area contributed by atoms with Crippen molar-refractivity contribution in [2.75, 3.05) is 0 Å². The number of halogens is 2. The van der Waals surface area contributed by atoms with Crippen LogP contribution >= 0.6 is 38.5 Å². The molecule has 2 aromatic carbocycles. The molecule has 0 saturated heterocycles. The van der Waals surface area contributed by atoms with Crippen LogP contribution in [0.3, 0.4) is 0 Å². The van der Waals surface area contributed by atoms with Crippen molar-refractivity contribution in [1.82, 2.24) is 9.99 Å². The van der Waals surface area contributed by atoms with Gasteiger partial charge >= 0.3 is 0 Å². The molecule has 0 unspecified atom stereocenters. The fourth-order valence-corrected chi connectivity index (χ4v) is 3.59. The standard InChI is InChI=1S/C21H19BrIN3O/c1-13-4-9-19(11-20(13)22)26-14(2)10-17(15(26)3)12-24-25-21(27)16-5-7-18(23)8-6-16/h4-12H,1-3H3,(H,25,27)/b24-12-. The van der Waals surface area contributed by atoms with Gasteiger partial charge in [-0.1, -0.05) is 22.0 Å². The van der Waals surface area contributed by atoms with Gasteiger partial charge in [-0.2, -0.15) is 5.10 Å². The molecule has 3 rings (SSSR count). The molecule has 1 heterocycles. The molecule has 1 N–H and O–H groups in total. The van der Waals surface area contributed by atoms with Gasteiger partial charge in [0, 0.05) is 36.2 Å². The van der Waals surface area contributed by atoms with Crippen molar-refractivity contribution in [2.24, 2.45) is 5.10 Å². The Hall–Kier alpha value is -1.93. The third kappa shape index (κ3) is 4.50. The van der Waals surface area contributed by atoms with Gasteiger partial charge in [0.2, 0.25) is 0 Å². The van der Waals surface area contributed by atoms with Crippen LogP contribution in [0.5, 0.6) is 0 Å². The smallest absolute Gasteiger partial charge is 0.271 e. The molecule has 4 nitrogen and oxygen atoms in total. The van der Waals surface area contributed by atoms with E-state index in [1.54, 1.807) is 18.3 Å². The first-order valence-corrected chi connectivity index (χ1v) is 10.3. The number of hydrogen-bond donors (Lipinski definition) is 1. The molecule has 6 heteroatoms. The van der Waals surface area contributed by atoms with Crippen LogP contribution in [0.1, 0.15) is 32.9 Å². The molecule has 27 heavy (non-hydrogen) atoms. The first-order valence-electron chi connectivity index (χ1n) is 8.41. The topological polar surface area (TPSA) is 46.4 Å². The van der Waals surface area contributed by atoms with Crippen molar-refractivity contribution in [3.63, 3.8) is 0 Å². The summed E-state index contributed by atoms with van der Waals surface area (Å²) in [6.07, 6.45) is 1.69. The summed E-state index contributed by atoms with van der Waals surface area (Å²) in [4.78, 5) is 12.2. The molecule has 0 fully saturated rings. The average molecular weight is 536 g/mol. The summed E-state index contributed by atoms with van der Waals surface area (Å²) < 4.78 is 4.34. The van der Waals surface area contributed by atoms with E-state index in [1.165, 1.54) is 5.56 Å². The number of carbonyl (C=O) groups is 1. The summed E-state index contributed by atoms with van der Waals surface area (Å²) in [6, 6.07) is 15.7. The number of rotatable bonds is 4. The van der Waals surface area contributed by atoms with E-state index in [0.29, 0.717) is 5.56 Å². The van der Waals surface area contributed by atoms with Crippen LogP contribution in [0.25, 0.3) is 5.69 Å². The van der Waals surface area contributed by atoms with Crippen molar-refractivity contribution in [3.05, 3.63) is 84.7 Å². The molecule has 0 spiro atoms. The van der Waals surface area contributed by atoms with Gasteiger partial charge in [-0.05, 0) is 91.4 Å². The lowest BCUT2D eigenvalue weighted by atomic mass is 10.2. The highest BCUT2D eigenvalue weighted by Crippen LogP contribution is 2.24. The van der Waals surface area contributed by atoms with Gasteiger partial charge in [-0.15, -0.1) is 0 Å². The van der Waals surface area contributed by atoms with Crippen molar-refractivity contribution in [1.29, 1.82) is 0 Å². The van der Waals surface area contributed by atoms with E-state index >= 15 is 0 Å². The summed E-state index contributed by atoms with van der Waals surface area (Å²) >= 11 is 5.80. The number of nitrogens with one attached hydrogen (secondary N) is 1. The lowest BCUT2D eigenvalue weighted by Gasteiger charge is -2.11. The number of aryl methyl sites for hydroxylation is 2. The largest absolute Gasteiger partial charge is 0.318 e. The number of amides is 1. The number of hydrogen-bond acceptors (Lipinski definition) is 2. The van der Waals surface area contributed by atoms with Gasteiger partial charge in [0.25, 0.3) is 5.91 Å². The van der Waals surface area contributed by atoms with E-state index < -0.39 is 0 Å². The predicted octanol–water partition coefficient (Wildman–Crippen LogP) is 5.53. The maximum atomic E-state index is 12.2. The van der Waals surface area contributed by atoms with Crippen molar-refractivity contribution in [3.8, 4) is 5.69 Å². The van der Waals surface area contributed by atoms with E-state index in [2.05, 4.69) is 91.7 Å². The predicted molar refractivity (Wildman–Crippen MR) is 122 cm³/mol. The molecule has 0 aliphatic carbocycles. The highest BCUT2D eigenvalue weighted by Gasteiger charge is 2.10. The Morgan fingerprint density at radius 2 is 1.81 bits per heavy atom. The molecule has 138 valence electrons. The zero-order chi connectivity index (χ0) is 19.6. The minimum absolute atomic E-state index is 0.223. The van der Waals surface area contributed by atoms with E-state index in [1.807, 2.05) is 19.1 Å². The minimum atomic E-state index is -0.223. The van der Waals surface area contributed by atoms with Crippen molar-refractivity contribution in [2.45, 2.75) is 20.8 Å². The molecule has 0 aliphatic heterocycles. The summed E-state index contributed by atoms with van der Waals surface area (Å²) in [5, 5.41) is 4.13. The third-order valence-electron chi connectivity index (χ3n) is 4.36. The summed E-state index contributed by atoms with van der Waals surface area (Å²) in [5.41, 5.74) is 8.60. The highest BCUT2D eigenvalue weighted by atomic mass is 127. The van der Waals surface area contributed by atoms with E-state index in [0.717, 1.165) is 30.7 Å². The Kier molecular flexibility index (Phi) is 6.16. The molecular formula is C21H19BrIN3O. The van der Waals surface area contributed by atoms with Crippen LogP contribution < -0.4 is 5.43 Å². The maximum Gasteiger partial charge on any atom is 0.271 e. The van der Waals surface area contributed by atoms with Crippen LogP contribution in [0.4, 0.5) is 0 Å². The molecule has 0 aliphatic rings. The van der Waals surface area contributed by atoms with Gasteiger partial charge in [-0.3, -0.25) is 4.79 Å². The number of aromatic nitrogens is 1. The SMILES string of the molecule is Cc1ccc(-n2c(C)cc(/C=N\NC(=O)c3ccc(I)cc3)c2C)cc1Br. The number of hydrazone groups is 1. The van der Waals surface area contributed by atoms with Gasteiger partial charge in [0.15, 0.2) is 0 Å².